The summed E-state index contributed by atoms with van der Waals surface area (Å²) < 4.78 is 0. The van der Waals surface area contributed by atoms with Crippen LogP contribution in [-0.2, 0) is 9.59 Å². The third-order valence-corrected chi connectivity index (χ3v) is 5.20. The molecule has 20 heavy (non-hydrogen) atoms. The van der Waals surface area contributed by atoms with Gasteiger partial charge >= 0.3 is 5.97 Å². The molecule has 1 aliphatic carbocycles. The van der Waals surface area contributed by atoms with Crippen molar-refractivity contribution in [3.05, 3.63) is 0 Å². The van der Waals surface area contributed by atoms with Gasteiger partial charge in [0.2, 0.25) is 5.91 Å². The summed E-state index contributed by atoms with van der Waals surface area (Å²) in [4.78, 5) is 26.0. The molecule has 0 spiro atoms. The number of carbonyl (C=O) groups excluding carboxylic acids is 1. The molecule has 4 nitrogen and oxygen atoms in total. The van der Waals surface area contributed by atoms with E-state index in [-0.39, 0.29) is 11.8 Å². The number of carboxylic acids is 1. The molecule has 1 saturated carbocycles. The van der Waals surface area contributed by atoms with Crippen LogP contribution >= 0.6 is 0 Å². The summed E-state index contributed by atoms with van der Waals surface area (Å²) in [6.07, 6.45) is 5.69. The summed E-state index contributed by atoms with van der Waals surface area (Å²) in [5, 5.41) is 9.37. The molecular formula is C16H27NO3. The van der Waals surface area contributed by atoms with Gasteiger partial charge in [-0.15, -0.1) is 0 Å². The Kier molecular flexibility index (Phi) is 5.06. The summed E-state index contributed by atoms with van der Waals surface area (Å²) in [7, 11) is 0. The van der Waals surface area contributed by atoms with Crippen LogP contribution in [0.3, 0.4) is 0 Å². The lowest BCUT2D eigenvalue weighted by molar-refractivity contribution is -0.149. The lowest BCUT2D eigenvalue weighted by atomic mass is 9.94. The summed E-state index contributed by atoms with van der Waals surface area (Å²) in [5.41, 5.74) is 0. The zero-order valence-electron chi connectivity index (χ0n) is 12.7. The van der Waals surface area contributed by atoms with E-state index < -0.39 is 11.9 Å². The first-order valence-electron chi connectivity index (χ1n) is 8.04. The van der Waals surface area contributed by atoms with E-state index in [4.69, 9.17) is 0 Å². The van der Waals surface area contributed by atoms with Crippen LogP contribution < -0.4 is 0 Å². The van der Waals surface area contributed by atoms with Crippen molar-refractivity contribution in [2.45, 2.75) is 52.4 Å². The fourth-order valence-corrected chi connectivity index (χ4v) is 3.74. The van der Waals surface area contributed by atoms with E-state index in [9.17, 15) is 14.7 Å². The molecule has 2 aliphatic rings. The van der Waals surface area contributed by atoms with Crippen molar-refractivity contribution in [2.75, 3.05) is 13.1 Å². The van der Waals surface area contributed by atoms with Gasteiger partial charge in [0.05, 0.1) is 11.8 Å². The molecule has 0 aromatic carbocycles. The molecule has 4 heteroatoms. The number of rotatable bonds is 3. The molecule has 1 aliphatic heterocycles. The first-order chi connectivity index (χ1) is 9.52. The maximum Gasteiger partial charge on any atom is 0.307 e. The third kappa shape index (κ3) is 3.33. The first kappa shape index (κ1) is 15.3. The van der Waals surface area contributed by atoms with Crippen LogP contribution in [0.25, 0.3) is 0 Å². The van der Waals surface area contributed by atoms with E-state index in [0.717, 1.165) is 38.8 Å². The van der Waals surface area contributed by atoms with E-state index in [1.807, 2.05) is 4.90 Å². The second kappa shape index (κ2) is 6.59. The molecule has 2 fully saturated rings. The van der Waals surface area contributed by atoms with E-state index in [1.165, 1.54) is 6.42 Å². The summed E-state index contributed by atoms with van der Waals surface area (Å²) in [6, 6.07) is 0. The fraction of sp³-hybridized carbons (Fsp3) is 0.875. The summed E-state index contributed by atoms with van der Waals surface area (Å²) in [6.45, 7) is 5.93. The van der Waals surface area contributed by atoms with Crippen LogP contribution in [0.5, 0.6) is 0 Å². The molecule has 0 bridgehead atoms. The monoisotopic (exact) mass is 281 g/mol. The minimum absolute atomic E-state index is 0.0995. The van der Waals surface area contributed by atoms with Crippen molar-refractivity contribution in [3.8, 4) is 0 Å². The molecule has 1 saturated heterocycles. The van der Waals surface area contributed by atoms with E-state index in [1.54, 1.807) is 0 Å². The maximum absolute atomic E-state index is 12.7. The van der Waals surface area contributed by atoms with Crippen LogP contribution in [0.2, 0.25) is 0 Å². The standard InChI is InChI=1S/C16H27NO3/c1-3-12-9-13(14(10-12)16(19)20)15(18)17-7-4-5-11(2)6-8-17/h11-14H,3-10H2,1-2H3,(H,19,20). The first-order valence-corrected chi connectivity index (χ1v) is 8.04. The lowest BCUT2D eigenvalue weighted by Crippen LogP contribution is -2.39. The number of hydrogen-bond acceptors (Lipinski definition) is 2. The average molecular weight is 281 g/mol. The van der Waals surface area contributed by atoms with Gasteiger partial charge in [-0.1, -0.05) is 20.3 Å². The molecule has 4 unspecified atom stereocenters. The molecule has 0 radical (unpaired) electrons. The van der Waals surface area contributed by atoms with Crippen LogP contribution in [0, 0.1) is 23.7 Å². The number of carbonyl (C=O) groups is 2. The van der Waals surface area contributed by atoms with Gasteiger partial charge in [0, 0.05) is 13.1 Å². The summed E-state index contributed by atoms with van der Waals surface area (Å²) >= 11 is 0. The van der Waals surface area contributed by atoms with Crippen LogP contribution in [0.15, 0.2) is 0 Å². The number of aliphatic carboxylic acids is 1. The van der Waals surface area contributed by atoms with Crippen molar-refractivity contribution in [1.82, 2.24) is 4.90 Å². The molecule has 0 aromatic heterocycles. The molecule has 114 valence electrons. The molecule has 1 N–H and O–H groups in total. The lowest BCUT2D eigenvalue weighted by Gasteiger charge is -2.26. The molecule has 4 atom stereocenters. The molecule has 2 rings (SSSR count). The predicted molar refractivity (Wildman–Crippen MR) is 77.2 cm³/mol. The number of carboxylic acid groups (broad SMARTS) is 1. The van der Waals surface area contributed by atoms with E-state index in [0.29, 0.717) is 18.3 Å². The highest BCUT2D eigenvalue weighted by molar-refractivity contribution is 5.85. The predicted octanol–water partition coefficient (Wildman–Crippen LogP) is 2.77. The second-order valence-corrected chi connectivity index (χ2v) is 6.66. The van der Waals surface area contributed by atoms with Crippen LogP contribution in [0.4, 0.5) is 0 Å². The Morgan fingerprint density at radius 3 is 2.50 bits per heavy atom. The third-order valence-electron chi connectivity index (χ3n) is 5.20. The SMILES string of the molecule is CCC1CC(C(=O)O)C(C(=O)N2CCCC(C)CC2)C1. The minimum Gasteiger partial charge on any atom is -0.481 e. The van der Waals surface area contributed by atoms with Crippen LogP contribution in [0.1, 0.15) is 52.4 Å². The Morgan fingerprint density at radius 1 is 1.15 bits per heavy atom. The Bertz CT molecular complexity index is 369. The Hall–Kier alpha value is -1.06. The fourth-order valence-electron chi connectivity index (χ4n) is 3.74. The van der Waals surface area contributed by atoms with Gasteiger partial charge in [0.1, 0.15) is 0 Å². The van der Waals surface area contributed by atoms with Crippen molar-refractivity contribution in [1.29, 1.82) is 0 Å². The van der Waals surface area contributed by atoms with Crippen LogP contribution in [-0.4, -0.2) is 35.0 Å². The number of amides is 1. The molecule has 0 aromatic rings. The highest BCUT2D eigenvalue weighted by Crippen LogP contribution is 2.39. The van der Waals surface area contributed by atoms with Gasteiger partial charge < -0.3 is 10.0 Å². The van der Waals surface area contributed by atoms with Gasteiger partial charge in [-0.2, -0.15) is 0 Å². The van der Waals surface area contributed by atoms with Crippen molar-refractivity contribution in [3.63, 3.8) is 0 Å². The highest BCUT2D eigenvalue weighted by Gasteiger charge is 2.43. The second-order valence-electron chi connectivity index (χ2n) is 6.66. The molecule has 1 amide bonds. The number of nitrogens with zero attached hydrogens (tertiary/aromatic N) is 1. The largest absolute Gasteiger partial charge is 0.481 e. The summed E-state index contributed by atoms with van der Waals surface area (Å²) in [5.74, 6) is -0.366. The van der Waals surface area contributed by atoms with E-state index >= 15 is 0 Å². The van der Waals surface area contributed by atoms with Gasteiger partial charge in [-0.3, -0.25) is 9.59 Å². The van der Waals surface area contributed by atoms with Crippen molar-refractivity contribution < 1.29 is 14.7 Å². The minimum atomic E-state index is -0.789. The van der Waals surface area contributed by atoms with Crippen molar-refractivity contribution in [2.24, 2.45) is 23.7 Å². The Labute approximate surface area is 121 Å². The quantitative estimate of drug-likeness (QED) is 0.865. The topological polar surface area (TPSA) is 57.6 Å². The number of likely N-dealkylation sites (tertiary alicyclic amines) is 1. The van der Waals surface area contributed by atoms with Gasteiger partial charge in [0.15, 0.2) is 0 Å². The van der Waals surface area contributed by atoms with Crippen molar-refractivity contribution >= 4 is 11.9 Å². The Morgan fingerprint density at radius 2 is 1.85 bits per heavy atom. The van der Waals surface area contributed by atoms with Gasteiger partial charge in [-0.05, 0) is 43.9 Å². The highest BCUT2D eigenvalue weighted by atomic mass is 16.4. The van der Waals surface area contributed by atoms with E-state index in [2.05, 4.69) is 13.8 Å². The number of hydrogen-bond donors (Lipinski definition) is 1. The maximum atomic E-state index is 12.7. The molecular weight excluding hydrogens is 254 g/mol. The Balaban J connectivity index is 2.04. The van der Waals surface area contributed by atoms with Gasteiger partial charge in [-0.25, -0.2) is 0 Å². The zero-order chi connectivity index (χ0) is 14.7. The van der Waals surface area contributed by atoms with Gasteiger partial charge in [0.25, 0.3) is 0 Å². The normalized spacial score (nSPS) is 34.8. The molecule has 1 heterocycles. The zero-order valence-corrected chi connectivity index (χ0v) is 12.7. The average Bonchev–Trinajstić information content (AvgIpc) is 2.75. The smallest absolute Gasteiger partial charge is 0.307 e.